The Morgan fingerprint density at radius 1 is 1.37 bits per heavy atom. The van der Waals surface area contributed by atoms with Crippen LogP contribution in [0, 0.1) is 0 Å². The summed E-state index contributed by atoms with van der Waals surface area (Å²) in [5.41, 5.74) is 0.824. The van der Waals surface area contributed by atoms with Crippen LogP contribution in [0.3, 0.4) is 0 Å². The molecule has 0 aromatic carbocycles. The number of hydrogen-bond donors (Lipinski definition) is 0. The van der Waals surface area contributed by atoms with Crippen molar-refractivity contribution >= 4 is 0 Å². The van der Waals surface area contributed by atoms with Gasteiger partial charge in [0.05, 0.1) is 26.3 Å². The molecule has 4 heterocycles. The second kappa shape index (κ2) is 8.29. The van der Waals surface area contributed by atoms with E-state index >= 15 is 0 Å². The van der Waals surface area contributed by atoms with Gasteiger partial charge in [-0.2, -0.15) is 4.98 Å². The molecule has 3 aromatic rings. The standard InChI is InChI=1S/C16H20N8O3/c1-25-7-6-24-16(19-21-22-24)13-10-23(5-8-26-13)11-14-18-15(20-27-14)12-3-2-4-17-9-12/h2-4,9,13H,5-8,10-11H2,1H3. The monoisotopic (exact) mass is 372 g/mol. The van der Waals surface area contributed by atoms with Crippen molar-refractivity contribution in [3.8, 4) is 11.4 Å². The fourth-order valence-electron chi connectivity index (χ4n) is 2.90. The molecule has 0 amide bonds. The first-order valence-corrected chi connectivity index (χ1v) is 8.65. The maximum Gasteiger partial charge on any atom is 0.241 e. The molecule has 0 aliphatic carbocycles. The second-order valence-corrected chi connectivity index (χ2v) is 6.10. The van der Waals surface area contributed by atoms with Crippen LogP contribution < -0.4 is 0 Å². The summed E-state index contributed by atoms with van der Waals surface area (Å²) >= 11 is 0. The molecular weight excluding hydrogens is 352 g/mol. The van der Waals surface area contributed by atoms with Gasteiger partial charge < -0.3 is 14.0 Å². The summed E-state index contributed by atoms with van der Waals surface area (Å²) in [4.78, 5) is 10.7. The molecular formula is C16H20N8O3. The molecule has 11 heteroatoms. The van der Waals surface area contributed by atoms with Crippen LogP contribution in [0.15, 0.2) is 29.0 Å². The van der Waals surface area contributed by atoms with E-state index < -0.39 is 0 Å². The Labute approximate surface area is 155 Å². The van der Waals surface area contributed by atoms with E-state index in [1.54, 1.807) is 24.2 Å². The van der Waals surface area contributed by atoms with Gasteiger partial charge in [-0.1, -0.05) is 5.16 Å². The molecule has 3 aromatic heterocycles. The number of hydrogen-bond acceptors (Lipinski definition) is 10. The van der Waals surface area contributed by atoms with Gasteiger partial charge in [0.25, 0.3) is 0 Å². The van der Waals surface area contributed by atoms with Crippen molar-refractivity contribution in [3.63, 3.8) is 0 Å². The highest BCUT2D eigenvalue weighted by Crippen LogP contribution is 2.22. The van der Waals surface area contributed by atoms with Crippen LogP contribution in [0.4, 0.5) is 0 Å². The predicted molar refractivity (Wildman–Crippen MR) is 91.2 cm³/mol. The Bertz CT molecular complexity index is 852. The predicted octanol–water partition coefficient (Wildman–Crippen LogP) is 0.338. The zero-order valence-corrected chi connectivity index (χ0v) is 14.9. The molecule has 0 saturated carbocycles. The number of aromatic nitrogens is 7. The van der Waals surface area contributed by atoms with Crippen LogP contribution in [0.5, 0.6) is 0 Å². The highest BCUT2D eigenvalue weighted by Gasteiger charge is 2.27. The molecule has 1 unspecified atom stereocenters. The van der Waals surface area contributed by atoms with E-state index in [0.717, 1.165) is 12.1 Å². The lowest BCUT2D eigenvalue weighted by molar-refractivity contribution is -0.0421. The van der Waals surface area contributed by atoms with Crippen molar-refractivity contribution < 1.29 is 14.0 Å². The van der Waals surface area contributed by atoms with Crippen molar-refractivity contribution in [2.45, 2.75) is 19.2 Å². The Morgan fingerprint density at radius 3 is 3.19 bits per heavy atom. The zero-order valence-electron chi connectivity index (χ0n) is 14.9. The average molecular weight is 372 g/mol. The number of pyridine rings is 1. The molecule has 0 spiro atoms. The lowest BCUT2D eigenvalue weighted by Crippen LogP contribution is -2.39. The largest absolute Gasteiger partial charge is 0.383 e. The third-order valence-electron chi connectivity index (χ3n) is 4.25. The molecule has 0 bridgehead atoms. The maximum atomic E-state index is 5.86. The summed E-state index contributed by atoms with van der Waals surface area (Å²) in [6, 6.07) is 3.73. The van der Waals surface area contributed by atoms with Crippen molar-refractivity contribution in [1.29, 1.82) is 0 Å². The van der Waals surface area contributed by atoms with Crippen molar-refractivity contribution in [2.24, 2.45) is 0 Å². The van der Waals surface area contributed by atoms with Crippen molar-refractivity contribution in [1.82, 2.24) is 40.2 Å². The van der Waals surface area contributed by atoms with E-state index in [1.165, 1.54) is 0 Å². The summed E-state index contributed by atoms with van der Waals surface area (Å²) in [6.45, 7) is 3.63. The van der Waals surface area contributed by atoms with Gasteiger partial charge in [0.1, 0.15) is 6.10 Å². The topological polar surface area (TPSA) is 117 Å². The lowest BCUT2D eigenvalue weighted by Gasteiger charge is -2.31. The molecule has 1 fully saturated rings. The molecule has 1 aliphatic rings. The average Bonchev–Trinajstić information content (AvgIpc) is 3.37. The normalized spacial score (nSPS) is 18.0. The van der Waals surface area contributed by atoms with E-state index in [-0.39, 0.29) is 6.10 Å². The van der Waals surface area contributed by atoms with E-state index in [9.17, 15) is 0 Å². The fourth-order valence-corrected chi connectivity index (χ4v) is 2.90. The first-order chi connectivity index (χ1) is 13.3. The number of morpholine rings is 1. The summed E-state index contributed by atoms with van der Waals surface area (Å²) in [7, 11) is 1.65. The number of rotatable bonds is 7. The minimum Gasteiger partial charge on any atom is -0.383 e. The molecule has 0 radical (unpaired) electrons. The molecule has 142 valence electrons. The smallest absolute Gasteiger partial charge is 0.241 e. The Hall–Kier alpha value is -2.76. The van der Waals surface area contributed by atoms with Gasteiger partial charge in [0, 0.05) is 38.2 Å². The summed E-state index contributed by atoms with van der Waals surface area (Å²) < 4.78 is 18.1. The first-order valence-electron chi connectivity index (χ1n) is 8.65. The van der Waals surface area contributed by atoms with Gasteiger partial charge in [0.2, 0.25) is 11.7 Å². The van der Waals surface area contributed by atoms with E-state index in [4.69, 9.17) is 14.0 Å². The Kier molecular flexibility index (Phi) is 5.42. The molecule has 11 nitrogen and oxygen atoms in total. The SMILES string of the molecule is COCCn1nnnc1C1CN(Cc2nc(-c3cccnc3)no2)CCO1. The van der Waals surface area contributed by atoms with Crippen molar-refractivity contribution in [2.75, 3.05) is 33.4 Å². The fraction of sp³-hybridized carbons (Fsp3) is 0.500. The van der Waals surface area contributed by atoms with Gasteiger partial charge in [-0.25, -0.2) is 4.68 Å². The van der Waals surface area contributed by atoms with Crippen LogP contribution >= 0.6 is 0 Å². The number of ether oxygens (including phenoxy) is 2. The summed E-state index contributed by atoms with van der Waals surface area (Å²) in [5, 5.41) is 15.9. The minimum atomic E-state index is -0.216. The van der Waals surface area contributed by atoms with Gasteiger partial charge in [0.15, 0.2) is 5.82 Å². The Balaban J connectivity index is 1.41. The van der Waals surface area contributed by atoms with Crippen LogP contribution in [-0.2, 0) is 22.6 Å². The lowest BCUT2D eigenvalue weighted by atomic mass is 10.2. The van der Waals surface area contributed by atoms with Crippen LogP contribution in [0.2, 0.25) is 0 Å². The summed E-state index contributed by atoms with van der Waals surface area (Å²) in [6.07, 6.45) is 3.20. The van der Waals surface area contributed by atoms with Crippen LogP contribution in [0.25, 0.3) is 11.4 Å². The maximum absolute atomic E-state index is 5.86. The van der Waals surface area contributed by atoms with Crippen LogP contribution in [-0.4, -0.2) is 73.6 Å². The molecule has 4 rings (SSSR count). The van der Waals surface area contributed by atoms with E-state index in [1.807, 2.05) is 12.1 Å². The number of methoxy groups -OCH3 is 1. The third kappa shape index (κ3) is 4.15. The highest BCUT2D eigenvalue weighted by molar-refractivity contribution is 5.51. The van der Waals surface area contributed by atoms with E-state index in [2.05, 4.69) is 35.5 Å². The zero-order chi connectivity index (χ0) is 18.5. The highest BCUT2D eigenvalue weighted by atomic mass is 16.5. The number of nitrogens with zero attached hydrogens (tertiary/aromatic N) is 8. The number of tetrazole rings is 1. The van der Waals surface area contributed by atoms with Crippen LogP contribution in [0.1, 0.15) is 17.8 Å². The molecule has 0 N–H and O–H groups in total. The first kappa shape index (κ1) is 17.6. The van der Waals surface area contributed by atoms with Gasteiger partial charge in [-0.3, -0.25) is 9.88 Å². The second-order valence-electron chi connectivity index (χ2n) is 6.10. The Morgan fingerprint density at radius 2 is 2.33 bits per heavy atom. The molecule has 1 aliphatic heterocycles. The molecule has 27 heavy (non-hydrogen) atoms. The van der Waals surface area contributed by atoms with Gasteiger partial charge in [-0.05, 0) is 22.6 Å². The molecule has 1 saturated heterocycles. The van der Waals surface area contributed by atoms with Gasteiger partial charge >= 0.3 is 0 Å². The quantitative estimate of drug-likeness (QED) is 0.574. The van der Waals surface area contributed by atoms with Crippen molar-refractivity contribution in [3.05, 3.63) is 36.2 Å². The third-order valence-corrected chi connectivity index (χ3v) is 4.25. The summed E-state index contributed by atoms with van der Waals surface area (Å²) in [5.74, 6) is 1.78. The van der Waals surface area contributed by atoms with Gasteiger partial charge in [-0.15, -0.1) is 5.10 Å². The van der Waals surface area contributed by atoms with E-state index in [0.29, 0.717) is 50.4 Å². The minimum absolute atomic E-state index is 0.216. The molecule has 1 atom stereocenters.